The molecule has 0 bridgehead atoms. The van der Waals surface area contributed by atoms with E-state index in [1.807, 2.05) is 5.43 Å². The lowest BCUT2D eigenvalue weighted by atomic mass is 10.1. The van der Waals surface area contributed by atoms with Crippen LogP contribution in [0, 0.1) is 5.82 Å². The van der Waals surface area contributed by atoms with Crippen LogP contribution in [0.2, 0.25) is 0 Å². The minimum absolute atomic E-state index is 0.0970. The molecule has 27 heavy (non-hydrogen) atoms. The highest BCUT2D eigenvalue weighted by molar-refractivity contribution is 6.39. The predicted molar refractivity (Wildman–Crippen MR) is 92.7 cm³/mol. The summed E-state index contributed by atoms with van der Waals surface area (Å²) in [5, 5.41) is 16.8. The van der Waals surface area contributed by atoms with Gasteiger partial charge in [-0.25, -0.2) is 9.82 Å². The SMILES string of the molecule is CCOc1ccc(C(=O)[O-])cc1/C=N\NC(=O)C(=O)Nc1ccc(F)cc1. The molecule has 9 heteroatoms. The molecule has 2 N–H and O–H groups in total. The molecule has 0 saturated carbocycles. The lowest BCUT2D eigenvalue weighted by Crippen LogP contribution is -2.32. The maximum Gasteiger partial charge on any atom is 0.329 e. The Morgan fingerprint density at radius 2 is 1.85 bits per heavy atom. The molecule has 2 aromatic rings. The van der Waals surface area contributed by atoms with Gasteiger partial charge in [0.15, 0.2) is 0 Å². The van der Waals surface area contributed by atoms with E-state index in [1.165, 1.54) is 30.3 Å². The van der Waals surface area contributed by atoms with E-state index >= 15 is 0 Å². The first-order valence-electron chi connectivity index (χ1n) is 7.79. The number of nitrogens with one attached hydrogen (secondary N) is 2. The number of hydrogen-bond acceptors (Lipinski definition) is 6. The summed E-state index contributed by atoms with van der Waals surface area (Å²) < 4.78 is 18.2. The molecular weight excluding hydrogens is 357 g/mol. The molecule has 2 amide bonds. The number of hydrogen-bond donors (Lipinski definition) is 2. The molecule has 0 unspecified atom stereocenters. The van der Waals surface area contributed by atoms with Gasteiger partial charge in [0.05, 0.1) is 18.8 Å². The molecule has 140 valence electrons. The highest BCUT2D eigenvalue weighted by Gasteiger charge is 2.13. The highest BCUT2D eigenvalue weighted by Crippen LogP contribution is 2.18. The van der Waals surface area contributed by atoms with Crippen molar-refractivity contribution < 1.29 is 28.6 Å². The Morgan fingerprint density at radius 3 is 2.48 bits per heavy atom. The smallest absolute Gasteiger partial charge is 0.329 e. The van der Waals surface area contributed by atoms with Crippen LogP contribution in [0.3, 0.4) is 0 Å². The summed E-state index contributed by atoms with van der Waals surface area (Å²) in [4.78, 5) is 34.4. The van der Waals surface area contributed by atoms with E-state index in [2.05, 4.69) is 10.4 Å². The molecule has 0 aliphatic heterocycles. The van der Waals surface area contributed by atoms with Crippen molar-refractivity contribution in [1.29, 1.82) is 0 Å². The van der Waals surface area contributed by atoms with Crippen LogP contribution in [0.25, 0.3) is 0 Å². The number of ether oxygens (including phenoxy) is 1. The molecule has 0 radical (unpaired) electrons. The third kappa shape index (κ3) is 5.63. The van der Waals surface area contributed by atoms with Crippen molar-refractivity contribution in [1.82, 2.24) is 5.43 Å². The monoisotopic (exact) mass is 372 g/mol. The summed E-state index contributed by atoms with van der Waals surface area (Å²) in [6.45, 7) is 2.08. The van der Waals surface area contributed by atoms with Gasteiger partial charge in [-0.2, -0.15) is 5.10 Å². The van der Waals surface area contributed by atoms with Gasteiger partial charge in [-0.05, 0) is 55.0 Å². The fourth-order valence-corrected chi connectivity index (χ4v) is 2.00. The number of rotatable bonds is 6. The van der Waals surface area contributed by atoms with E-state index < -0.39 is 23.6 Å². The van der Waals surface area contributed by atoms with Gasteiger partial charge in [0.1, 0.15) is 11.6 Å². The van der Waals surface area contributed by atoms with Gasteiger partial charge in [-0.15, -0.1) is 0 Å². The van der Waals surface area contributed by atoms with E-state index in [-0.39, 0.29) is 16.8 Å². The number of halogens is 1. The van der Waals surface area contributed by atoms with Crippen molar-refractivity contribution in [3.8, 4) is 5.75 Å². The zero-order valence-corrected chi connectivity index (χ0v) is 14.2. The zero-order valence-electron chi connectivity index (χ0n) is 14.2. The largest absolute Gasteiger partial charge is 0.545 e. The fourth-order valence-electron chi connectivity index (χ4n) is 2.00. The lowest BCUT2D eigenvalue weighted by Gasteiger charge is -2.09. The minimum Gasteiger partial charge on any atom is -0.545 e. The molecule has 0 atom stereocenters. The standard InChI is InChI=1S/C18H16FN3O5/c1-2-27-15-8-3-11(18(25)26)9-12(15)10-20-22-17(24)16(23)21-14-6-4-13(19)5-7-14/h3-10H,2H2,1H3,(H,21,23)(H,22,24)(H,25,26)/p-1/b20-10-. The van der Waals surface area contributed by atoms with E-state index in [9.17, 15) is 23.9 Å². The Bertz CT molecular complexity index is 881. The van der Waals surface area contributed by atoms with Crippen molar-refractivity contribution >= 4 is 29.7 Å². The molecule has 0 saturated heterocycles. The maximum absolute atomic E-state index is 12.8. The molecule has 0 spiro atoms. The van der Waals surface area contributed by atoms with Crippen LogP contribution in [0.15, 0.2) is 47.6 Å². The van der Waals surface area contributed by atoms with Gasteiger partial charge >= 0.3 is 11.8 Å². The third-order valence-corrected chi connectivity index (χ3v) is 3.22. The normalized spacial score (nSPS) is 10.4. The number of anilines is 1. The summed E-state index contributed by atoms with van der Waals surface area (Å²) in [6.07, 6.45) is 1.14. The van der Waals surface area contributed by atoms with Crippen molar-refractivity contribution in [2.24, 2.45) is 5.10 Å². The number of hydrazone groups is 1. The van der Waals surface area contributed by atoms with Gasteiger partial charge in [-0.3, -0.25) is 9.59 Å². The summed E-state index contributed by atoms with van der Waals surface area (Å²) in [7, 11) is 0. The predicted octanol–water partition coefficient (Wildman–Crippen LogP) is 0.677. The highest BCUT2D eigenvalue weighted by atomic mass is 19.1. The quantitative estimate of drug-likeness (QED) is 0.439. The fraction of sp³-hybridized carbons (Fsp3) is 0.111. The Hall–Kier alpha value is -3.75. The van der Waals surface area contributed by atoms with E-state index in [4.69, 9.17) is 4.74 Å². The van der Waals surface area contributed by atoms with Crippen LogP contribution in [-0.4, -0.2) is 30.6 Å². The molecule has 0 aromatic heterocycles. The second-order valence-corrected chi connectivity index (χ2v) is 5.13. The van der Waals surface area contributed by atoms with Crippen molar-refractivity contribution in [3.05, 3.63) is 59.4 Å². The minimum atomic E-state index is -1.38. The first kappa shape index (κ1) is 19.6. The third-order valence-electron chi connectivity index (χ3n) is 3.22. The summed E-state index contributed by atoms with van der Waals surface area (Å²) in [5.41, 5.74) is 2.42. The van der Waals surface area contributed by atoms with Crippen LogP contribution >= 0.6 is 0 Å². The van der Waals surface area contributed by atoms with Gasteiger partial charge in [0, 0.05) is 11.3 Å². The van der Waals surface area contributed by atoms with Gasteiger partial charge in [-0.1, -0.05) is 0 Å². The average Bonchev–Trinajstić information content (AvgIpc) is 2.64. The Labute approximate surface area is 153 Å². The number of carbonyl (C=O) groups is 3. The number of carboxylic acids is 1. The van der Waals surface area contributed by atoms with Crippen LogP contribution in [0.1, 0.15) is 22.8 Å². The number of carboxylic acid groups (broad SMARTS) is 1. The summed E-state index contributed by atoms with van der Waals surface area (Å²) in [6, 6.07) is 8.85. The molecule has 0 aliphatic carbocycles. The van der Waals surface area contributed by atoms with Crippen molar-refractivity contribution in [2.75, 3.05) is 11.9 Å². The van der Waals surface area contributed by atoms with Crippen LogP contribution in [-0.2, 0) is 9.59 Å². The molecule has 0 aliphatic rings. The molecule has 2 aromatic carbocycles. The van der Waals surface area contributed by atoms with Crippen LogP contribution < -0.4 is 20.6 Å². The second-order valence-electron chi connectivity index (χ2n) is 5.13. The van der Waals surface area contributed by atoms with Gasteiger partial charge in [0.2, 0.25) is 0 Å². The zero-order chi connectivity index (χ0) is 19.8. The molecule has 0 heterocycles. The number of aromatic carboxylic acids is 1. The van der Waals surface area contributed by atoms with E-state index in [1.54, 1.807) is 6.92 Å². The van der Waals surface area contributed by atoms with Crippen molar-refractivity contribution in [3.63, 3.8) is 0 Å². The molecule has 0 fully saturated rings. The second kappa shape index (κ2) is 9.09. The maximum atomic E-state index is 12.8. The number of benzene rings is 2. The Balaban J connectivity index is 2.03. The average molecular weight is 372 g/mol. The molecular formula is C18H15FN3O5-. The first-order valence-corrected chi connectivity index (χ1v) is 7.79. The summed E-state index contributed by atoms with van der Waals surface area (Å²) in [5.74, 6) is -3.59. The number of carbonyl (C=O) groups excluding carboxylic acids is 3. The number of nitrogens with zero attached hydrogens (tertiary/aromatic N) is 1. The van der Waals surface area contributed by atoms with Crippen LogP contribution in [0.4, 0.5) is 10.1 Å². The number of amides is 2. The van der Waals surface area contributed by atoms with E-state index in [0.717, 1.165) is 18.3 Å². The topological polar surface area (TPSA) is 120 Å². The van der Waals surface area contributed by atoms with Crippen molar-refractivity contribution in [2.45, 2.75) is 6.92 Å². The van der Waals surface area contributed by atoms with Crippen LogP contribution in [0.5, 0.6) is 5.75 Å². The van der Waals surface area contributed by atoms with Gasteiger partial charge < -0.3 is 20.0 Å². The Kier molecular flexibility index (Phi) is 6.59. The van der Waals surface area contributed by atoms with Gasteiger partial charge in [0.25, 0.3) is 0 Å². The van der Waals surface area contributed by atoms with E-state index in [0.29, 0.717) is 12.4 Å². The first-order chi connectivity index (χ1) is 12.9. The molecule has 2 rings (SSSR count). The summed E-state index contributed by atoms with van der Waals surface area (Å²) >= 11 is 0. The lowest BCUT2D eigenvalue weighted by molar-refractivity contribution is -0.255. The molecule has 8 nitrogen and oxygen atoms in total. The Morgan fingerprint density at radius 1 is 1.15 bits per heavy atom.